The lowest BCUT2D eigenvalue weighted by atomic mass is 10.1. The summed E-state index contributed by atoms with van der Waals surface area (Å²) in [4.78, 5) is 0. The first kappa shape index (κ1) is 10.5. The molecule has 0 fully saturated rings. The minimum Gasteiger partial charge on any atom is -0.0622 e. The number of aryl methyl sites for hydroxylation is 2. The van der Waals surface area contributed by atoms with Crippen molar-refractivity contribution in [2.75, 3.05) is 0 Å². The van der Waals surface area contributed by atoms with Crippen LogP contribution in [0, 0.1) is 25.7 Å². The average molecular weight is 206 g/mol. The van der Waals surface area contributed by atoms with Crippen molar-refractivity contribution in [2.24, 2.45) is 0 Å². The number of hydrogen-bond donors (Lipinski definition) is 0. The topological polar surface area (TPSA) is 0 Å². The Morgan fingerprint density at radius 1 is 0.688 bits per heavy atom. The summed E-state index contributed by atoms with van der Waals surface area (Å²) in [6, 6.07) is 16.4. The predicted octanol–water partition coefficient (Wildman–Crippen LogP) is 3.70. The summed E-state index contributed by atoms with van der Waals surface area (Å²) < 4.78 is 0. The van der Waals surface area contributed by atoms with Crippen LogP contribution in [0.25, 0.3) is 0 Å². The van der Waals surface area contributed by atoms with Gasteiger partial charge in [-0.1, -0.05) is 36.1 Å². The summed E-state index contributed by atoms with van der Waals surface area (Å²) >= 11 is 0. The summed E-state index contributed by atoms with van der Waals surface area (Å²) in [7, 11) is 0. The monoisotopic (exact) mass is 206 g/mol. The smallest absolute Gasteiger partial charge is 0.0254 e. The third-order valence-corrected chi connectivity index (χ3v) is 2.35. The van der Waals surface area contributed by atoms with Crippen LogP contribution in [0.2, 0.25) is 0 Å². The van der Waals surface area contributed by atoms with Crippen LogP contribution in [0.3, 0.4) is 0 Å². The van der Waals surface area contributed by atoms with Crippen LogP contribution in [0.4, 0.5) is 0 Å². The van der Waals surface area contributed by atoms with E-state index in [0.29, 0.717) is 0 Å². The fourth-order valence-corrected chi connectivity index (χ4v) is 1.71. The lowest BCUT2D eigenvalue weighted by Crippen LogP contribution is -1.81. The Kier molecular flexibility index (Phi) is 3.08. The summed E-state index contributed by atoms with van der Waals surface area (Å²) in [6.07, 6.45) is 0. The van der Waals surface area contributed by atoms with Gasteiger partial charge in [0.2, 0.25) is 0 Å². The van der Waals surface area contributed by atoms with Gasteiger partial charge in [-0.3, -0.25) is 0 Å². The van der Waals surface area contributed by atoms with E-state index in [1.54, 1.807) is 0 Å². The second kappa shape index (κ2) is 4.68. The first-order valence-corrected chi connectivity index (χ1v) is 5.39. The Hall–Kier alpha value is -2.00. The van der Waals surface area contributed by atoms with Gasteiger partial charge in [0.05, 0.1) is 0 Å². The van der Waals surface area contributed by atoms with Crippen LogP contribution in [-0.2, 0) is 0 Å². The fourth-order valence-electron chi connectivity index (χ4n) is 1.71. The minimum atomic E-state index is 1.06. The quantitative estimate of drug-likeness (QED) is 0.576. The van der Waals surface area contributed by atoms with Gasteiger partial charge >= 0.3 is 0 Å². The van der Waals surface area contributed by atoms with E-state index in [4.69, 9.17) is 0 Å². The zero-order chi connectivity index (χ0) is 11.4. The molecule has 0 amide bonds. The van der Waals surface area contributed by atoms with E-state index in [1.807, 2.05) is 30.3 Å². The average Bonchev–Trinajstić information content (AvgIpc) is 2.27. The first-order valence-electron chi connectivity index (χ1n) is 5.39. The van der Waals surface area contributed by atoms with E-state index < -0.39 is 0 Å². The highest BCUT2D eigenvalue weighted by Gasteiger charge is 1.91. The molecular formula is C16H14. The molecule has 0 atom stereocenters. The maximum Gasteiger partial charge on any atom is 0.0254 e. The van der Waals surface area contributed by atoms with Gasteiger partial charge in [0, 0.05) is 11.1 Å². The molecule has 0 bridgehead atoms. The molecule has 0 unspecified atom stereocenters. The van der Waals surface area contributed by atoms with Crippen molar-refractivity contribution in [3.63, 3.8) is 0 Å². The molecule has 0 spiro atoms. The van der Waals surface area contributed by atoms with E-state index >= 15 is 0 Å². The standard InChI is InChI=1S/C16H14/c1-13-10-14(2)12-16(11-13)9-8-15-6-4-3-5-7-15/h3-7,10-12H,1-2H3. The number of rotatable bonds is 0. The molecule has 0 aliphatic carbocycles. The second-order valence-corrected chi connectivity index (χ2v) is 3.99. The summed E-state index contributed by atoms with van der Waals surface area (Å²) in [5.41, 5.74) is 4.66. The highest BCUT2D eigenvalue weighted by molar-refractivity contribution is 5.45. The van der Waals surface area contributed by atoms with Gasteiger partial charge < -0.3 is 0 Å². The Bertz CT molecular complexity index is 519. The van der Waals surface area contributed by atoms with Crippen LogP contribution in [0.5, 0.6) is 0 Å². The van der Waals surface area contributed by atoms with Crippen molar-refractivity contribution in [3.8, 4) is 11.8 Å². The second-order valence-electron chi connectivity index (χ2n) is 3.99. The molecule has 0 heterocycles. The molecule has 0 radical (unpaired) electrons. The molecule has 2 aromatic rings. The molecule has 16 heavy (non-hydrogen) atoms. The number of hydrogen-bond acceptors (Lipinski definition) is 0. The van der Waals surface area contributed by atoms with Gasteiger partial charge in [0.25, 0.3) is 0 Å². The van der Waals surface area contributed by atoms with Crippen LogP contribution < -0.4 is 0 Å². The maximum absolute atomic E-state index is 3.19. The van der Waals surface area contributed by atoms with Gasteiger partial charge in [0.15, 0.2) is 0 Å². The molecule has 2 rings (SSSR count). The Morgan fingerprint density at radius 3 is 1.88 bits per heavy atom. The number of benzene rings is 2. The predicted molar refractivity (Wildman–Crippen MR) is 68.3 cm³/mol. The molecular weight excluding hydrogens is 192 g/mol. The van der Waals surface area contributed by atoms with Gasteiger partial charge in [-0.2, -0.15) is 0 Å². The van der Waals surface area contributed by atoms with Crippen LogP contribution >= 0.6 is 0 Å². The molecule has 2 aromatic carbocycles. The first-order chi connectivity index (χ1) is 7.74. The van der Waals surface area contributed by atoms with Crippen molar-refractivity contribution >= 4 is 0 Å². The van der Waals surface area contributed by atoms with E-state index in [1.165, 1.54) is 11.1 Å². The van der Waals surface area contributed by atoms with E-state index in [9.17, 15) is 0 Å². The Labute approximate surface area is 96.9 Å². The van der Waals surface area contributed by atoms with E-state index in [0.717, 1.165) is 11.1 Å². The minimum absolute atomic E-state index is 1.06. The van der Waals surface area contributed by atoms with Gasteiger partial charge in [-0.05, 0) is 49.2 Å². The highest BCUT2D eigenvalue weighted by Crippen LogP contribution is 2.07. The zero-order valence-corrected chi connectivity index (χ0v) is 9.62. The molecule has 0 N–H and O–H groups in total. The summed E-state index contributed by atoms with van der Waals surface area (Å²) in [5.74, 6) is 6.36. The molecule has 0 heteroatoms. The lowest BCUT2D eigenvalue weighted by Gasteiger charge is -1.97. The molecule has 0 aromatic heterocycles. The van der Waals surface area contributed by atoms with Crippen LogP contribution in [0.15, 0.2) is 48.5 Å². The van der Waals surface area contributed by atoms with E-state index in [-0.39, 0.29) is 0 Å². The SMILES string of the molecule is Cc1cc(C)cc(C#Cc2ccccc2)c1. The molecule has 0 nitrogen and oxygen atoms in total. The molecule has 0 saturated carbocycles. The maximum atomic E-state index is 3.19. The van der Waals surface area contributed by atoms with Crippen molar-refractivity contribution in [1.29, 1.82) is 0 Å². The molecule has 0 saturated heterocycles. The summed E-state index contributed by atoms with van der Waals surface area (Å²) in [5, 5.41) is 0. The summed E-state index contributed by atoms with van der Waals surface area (Å²) in [6.45, 7) is 4.20. The van der Waals surface area contributed by atoms with E-state index in [2.05, 4.69) is 43.9 Å². The molecule has 78 valence electrons. The van der Waals surface area contributed by atoms with Crippen LogP contribution in [-0.4, -0.2) is 0 Å². The fraction of sp³-hybridized carbons (Fsp3) is 0.125. The Morgan fingerprint density at radius 2 is 1.25 bits per heavy atom. The van der Waals surface area contributed by atoms with Crippen molar-refractivity contribution in [1.82, 2.24) is 0 Å². The third kappa shape index (κ3) is 2.74. The van der Waals surface area contributed by atoms with Gasteiger partial charge in [0.1, 0.15) is 0 Å². The van der Waals surface area contributed by atoms with Gasteiger partial charge in [-0.25, -0.2) is 0 Å². The zero-order valence-electron chi connectivity index (χ0n) is 9.62. The Balaban J connectivity index is 2.31. The lowest BCUT2D eigenvalue weighted by molar-refractivity contribution is 1.37. The highest BCUT2D eigenvalue weighted by atomic mass is 14.0. The normalized spacial score (nSPS) is 9.38. The van der Waals surface area contributed by atoms with Crippen molar-refractivity contribution < 1.29 is 0 Å². The van der Waals surface area contributed by atoms with Crippen LogP contribution in [0.1, 0.15) is 22.3 Å². The molecule has 0 aliphatic rings. The molecule has 0 aliphatic heterocycles. The van der Waals surface area contributed by atoms with Crippen molar-refractivity contribution in [3.05, 3.63) is 70.8 Å². The third-order valence-electron chi connectivity index (χ3n) is 2.35. The van der Waals surface area contributed by atoms with Gasteiger partial charge in [-0.15, -0.1) is 0 Å². The largest absolute Gasteiger partial charge is 0.0622 e. The van der Waals surface area contributed by atoms with Crippen molar-refractivity contribution in [2.45, 2.75) is 13.8 Å².